The second-order valence-electron chi connectivity index (χ2n) is 6.32. The lowest BCUT2D eigenvalue weighted by atomic mass is 10.2. The van der Waals surface area contributed by atoms with Crippen LogP contribution >= 0.6 is 0 Å². The van der Waals surface area contributed by atoms with Gasteiger partial charge in [0.15, 0.2) is 8.24 Å². The number of nitrogens with zero attached hydrogens (tertiary/aromatic N) is 1. The third-order valence-electron chi connectivity index (χ3n) is 4.10. The molecule has 0 bridgehead atoms. The fourth-order valence-corrected chi connectivity index (χ4v) is 4.05. The van der Waals surface area contributed by atoms with Crippen LogP contribution < -0.4 is 4.57 Å². The third-order valence-corrected chi connectivity index (χ3v) is 9.56. The Morgan fingerprint density at radius 1 is 1.11 bits per heavy atom. The van der Waals surface area contributed by atoms with Crippen LogP contribution in [0.15, 0.2) is 42.5 Å². The lowest BCUT2D eigenvalue weighted by molar-refractivity contribution is 0.708. The van der Waals surface area contributed by atoms with E-state index in [1.54, 1.807) is 0 Å². The van der Waals surface area contributed by atoms with Gasteiger partial charge >= 0.3 is 0 Å². The third kappa shape index (κ3) is 3.26. The van der Waals surface area contributed by atoms with Crippen molar-refractivity contribution in [3.05, 3.63) is 42.5 Å². The van der Waals surface area contributed by atoms with E-state index in [2.05, 4.69) is 87.8 Å². The van der Waals surface area contributed by atoms with E-state index in [0.29, 0.717) is 5.04 Å². The van der Waals surface area contributed by atoms with E-state index in [-0.39, 0.29) is 0 Å². The normalized spacial score (nSPS) is 13.0. The van der Waals surface area contributed by atoms with Gasteiger partial charge in [-0.2, -0.15) is 0 Å². The molecule has 18 heavy (non-hydrogen) atoms. The van der Waals surface area contributed by atoms with Gasteiger partial charge in [-0.25, -0.2) is 0 Å². The Labute approximate surface area is 114 Å². The Morgan fingerprint density at radius 2 is 1.67 bits per heavy atom. The molecule has 0 spiro atoms. The van der Waals surface area contributed by atoms with Crippen LogP contribution in [0.5, 0.6) is 0 Å². The van der Waals surface area contributed by atoms with Gasteiger partial charge in [-0.05, 0) is 24.1 Å². The van der Waals surface area contributed by atoms with Crippen LogP contribution in [0.1, 0.15) is 27.7 Å². The van der Waals surface area contributed by atoms with Gasteiger partial charge < -0.3 is 4.57 Å². The van der Waals surface area contributed by atoms with Crippen LogP contribution in [0.3, 0.4) is 0 Å². The van der Waals surface area contributed by atoms with Crippen molar-refractivity contribution in [1.29, 1.82) is 0 Å². The van der Waals surface area contributed by atoms with Crippen LogP contribution in [0.2, 0.25) is 18.1 Å². The van der Waals surface area contributed by atoms with Crippen molar-refractivity contribution >= 4 is 13.9 Å². The van der Waals surface area contributed by atoms with E-state index < -0.39 is 8.24 Å². The molecule has 0 heterocycles. The van der Waals surface area contributed by atoms with Crippen molar-refractivity contribution in [2.45, 2.75) is 45.8 Å². The number of rotatable bonds is 4. The summed E-state index contributed by atoms with van der Waals surface area (Å²) in [5.74, 6) is 0. The molecule has 1 aromatic rings. The first-order valence-corrected chi connectivity index (χ1v) is 9.69. The van der Waals surface area contributed by atoms with Gasteiger partial charge in [-0.3, -0.25) is 0 Å². The monoisotopic (exact) mass is 261 g/mol. The summed E-state index contributed by atoms with van der Waals surface area (Å²) in [4.78, 5) is 0. The first-order chi connectivity index (χ1) is 8.30. The molecule has 0 aromatic heterocycles. The van der Waals surface area contributed by atoms with Gasteiger partial charge in [0.2, 0.25) is 0 Å². The van der Waals surface area contributed by atoms with Gasteiger partial charge in [0.25, 0.3) is 0 Å². The number of allylic oxidation sites excluding steroid dienone is 1. The molecule has 0 saturated carbocycles. The fourth-order valence-electron chi connectivity index (χ4n) is 1.88. The zero-order valence-electron chi connectivity index (χ0n) is 12.7. The molecule has 1 rings (SSSR count). The smallest absolute Gasteiger partial charge is 0.156 e. The molecule has 1 nitrogen and oxygen atoms in total. The maximum atomic E-state index is 2.62. The highest BCUT2D eigenvalue weighted by Crippen LogP contribution is 2.40. The largest absolute Gasteiger partial charge is 0.394 e. The highest BCUT2D eigenvalue weighted by Gasteiger charge is 2.40. The molecular formula is C16H27NSi. The Kier molecular flexibility index (Phi) is 4.80. The summed E-state index contributed by atoms with van der Waals surface area (Å²) in [6, 6.07) is 10.8. The van der Waals surface area contributed by atoms with Crippen LogP contribution in [-0.4, -0.2) is 14.8 Å². The number of hydrogen-bond acceptors (Lipinski definition) is 1. The highest BCUT2D eigenvalue weighted by molar-refractivity contribution is 6.83. The molecule has 2 heteroatoms. The predicted octanol–water partition coefficient (Wildman–Crippen LogP) is 5.07. The summed E-state index contributed by atoms with van der Waals surface area (Å²) < 4.78 is 2.62. The number of hydrogen-bond donors (Lipinski definition) is 0. The number of para-hydroxylation sites is 1. The number of benzene rings is 1. The Balaban J connectivity index is 3.14. The van der Waals surface area contributed by atoms with Gasteiger partial charge in [0.05, 0.1) is 0 Å². The molecule has 0 fully saturated rings. The molecule has 0 atom stereocenters. The molecule has 0 aliphatic heterocycles. The van der Waals surface area contributed by atoms with Crippen LogP contribution in [0.25, 0.3) is 0 Å². The predicted molar refractivity (Wildman–Crippen MR) is 85.8 cm³/mol. The quantitative estimate of drug-likeness (QED) is 0.540. The van der Waals surface area contributed by atoms with E-state index >= 15 is 0 Å². The Morgan fingerprint density at radius 3 is 2.11 bits per heavy atom. The van der Waals surface area contributed by atoms with E-state index in [9.17, 15) is 0 Å². The van der Waals surface area contributed by atoms with Crippen molar-refractivity contribution in [3.8, 4) is 0 Å². The van der Waals surface area contributed by atoms with E-state index in [1.807, 2.05) is 0 Å². The zero-order valence-corrected chi connectivity index (χ0v) is 13.7. The second-order valence-corrected chi connectivity index (χ2v) is 11.5. The molecule has 0 saturated heterocycles. The van der Waals surface area contributed by atoms with Crippen LogP contribution in [-0.2, 0) is 0 Å². The minimum atomic E-state index is -1.53. The highest BCUT2D eigenvalue weighted by atomic mass is 28.3. The minimum absolute atomic E-state index is 0.352. The first kappa shape index (κ1) is 15.0. The van der Waals surface area contributed by atoms with Gasteiger partial charge in [0, 0.05) is 12.2 Å². The summed E-state index contributed by atoms with van der Waals surface area (Å²) in [7, 11) is -1.53. The summed E-state index contributed by atoms with van der Waals surface area (Å²) in [5.41, 5.74) is 1.35. The van der Waals surface area contributed by atoms with Crippen molar-refractivity contribution in [3.63, 3.8) is 0 Å². The standard InChI is InChI=1S/C16H27NSi/c1-7-8-14-17(15-12-10-9-11-13-15)18(5,6)16(2,3)4/h7-13H,14H2,1-6H3. The van der Waals surface area contributed by atoms with Crippen molar-refractivity contribution in [2.24, 2.45) is 0 Å². The molecule has 100 valence electrons. The summed E-state index contributed by atoms with van der Waals surface area (Å²) >= 11 is 0. The SMILES string of the molecule is CC=CCN(c1ccccc1)[Si](C)(C)C(C)(C)C. The van der Waals surface area contributed by atoms with Gasteiger partial charge in [-0.1, -0.05) is 64.2 Å². The van der Waals surface area contributed by atoms with E-state index in [1.165, 1.54) is 5.69 Å². The summed E-state index contributed by atoms with van der Waals surface area (Å²) in [5, 5.41) is 0.352. The van der Waals surface area contributed by atoms with Crippen LogP contribution in [0.4, 0.5) is 5.69 Å². The Bertz CT molecular complexity index is 387. The average molecular weight is 261 g/mol. The molecular weight excluding hydrogens is 234 g/mol. The minimum Gasteiger partial charge on any atom is -0.394 e. The first-order valence-electron chi connectivity index (χ1n) is 6.74. The van der Waals surface area contributed by atoms with Gasteiger partial charge in [-0.15, -0.1) is 0 Å². The van der Waals surface area contributed by atoms with Crippen LogP contribution in [0, 0.1) is 0 Å². The molecule has 1 aromatic carbocycles. The second kappa shape index (κ2) is 5.74. The fraction of sp³-hybridized carbons (Fsp3) is 0.500. The molecule has 0 N–H and O–H groups in total. The van der Waals surface area contributed by atoms with E-state index in [4.69, 9.17) is 0 Å². The average Bonchev–Trinajstić information content (AvgIpc) is 2.29. The van der Waals surface area contributed by atoms with Crippen molar-refractivity contribution in [2.75, 3.05) is 11.1 Å². The van der Waals surface area contributed by atoms with Gasteiger partial charge in [0.1, 0.15) is 0 Å². The lowest BCUT2D eigenvalue weighted by Gasteiger charge is -2.47. The Hall–Kier alpha value is -1.02. The zero-order chi connectivity index (χ0) is 13.8. The number of anilines is 1. The summed E-state index contributed by atoms with van der Waals surface area (Å²) in [6.45, 7) is 15.1. The summed E-state index contributed by atoms with van der Waals surface area (Å²) in [6.07, 6.45) is 4.40. The molecule has 0 radical (unpaired) electrons. The van der Waals surface area contributed by atoms with Crippen molar-refractivity contribution in [1.82, 2.24) is 0 Å². The van der Waals surface area contributed by atoms with Crippen molar-refractivity contribution < 1.29 is 0 Å². The lowest BCUT2D eigenvalue weighted by Crippen LogP contribution is -2.55. The molecule has 0 unspecified atom stereocenters. The maximum absolute atomic E-state index is 2.62. The molecule has 0 amide bonds. The topological polar surface area (TPSA) is 3.24 Å². The molecule has 0 aliphatic carbocycles. The maximum Gasteiger partial charge on any atom is 0.156 e. The molecule has 0 aliphatic rings. The van der Waals surface area contributed by atoms with E-state index in [0.717, 1.165) is 6.54 Å².